The summed E-state index contributed by atoms with van der Waals surface area (Å²) in [6, 6.07) is 0. The molecule has 0 bridgehead atoms. The van der Waals surface area contributed by atoms with Gasteiger partial charge in [-0.2, -0.15) is 12.6 Å². The number of hydrogen-bond donors (Lipinski definition) is 1. The summed E-state index contributed by atoms with van der Waals surface area (Å²) in [5.74, 6) is 1.16. The first-order valence-corrected chi connectivity index (χ1v) is 7.77. The van der Waals surface area contributed by atoms with E-state index in [1.807, 2.05) is 0 Å². The lowest BCUT2D eigenvalue weighted by molar-refractivity contribution is 0.00162. The molecule has 0 aliphatic rings. The molecule has 0 aromatic heterocycles. The fraction of sp³-hybridized carbons (Fsp3) is 1.00. The molecule has 0 fully saturated rings. The van der Waals surface area contributed by atoms with E-state index in [0.29, 0.717) is 11.8 Å². The molecule has 0 radical (unpaired) electrons. The first-order chi connectivity index (χ1) is 7.60. The molecular formula is C17H36S. The molecule has 0 amide bonds. The van der Waals surface area contributed by atoms with Gasteiger partial charge >= 0.3 is 0 Å². The summed E-state index contributed by atoms with van der Waals surface area (Å²) in [5.41, 5.74) is 0.733. The Bertz CT molecular complexity index is 276. The summed E-state index contributed by atoms with van der Waals surface area (Å²) in [6.45, 7) is 25.9. The van der Waals surface area contributed by atoms with Crippen molar-refractivity contribution in [3.8, 4) is 0 Å². The van der Waals surface area contributed by atoms with E-state index in [4.69, 9.17) is 12.6 Å². The molecule has 0 heterocycles. The number of thiol groups is 1. The summed E-state index contributed by atoms with van der Waals surface area (Å²) >= 11 is 5.13. The van der Waals surface area contributed by atoms with Crippen LogP contribution >= 0.6 is 12.6 Å². The van der Waals surface area contributed by atoms with Crippen LogP contribution in [0.15, 0.2) is 0 Å². The van der Waals surface area contributed by atoms with Crippen LogP contribution in [0.5, 0.6) is 0 Å². The molecule has 1 heteroatoms. The summed E-state index contributed by atoms with van der Waals surface area (Å²) < 4.78 is 0.0119. The summed E-state index contributed by atoms with van der Waals surface area (Å²) in [6.07, 6.45) is 0. The SMILES string of the molecule is CC(C)C(C)(C)C(C)(S)C(C)C(C)(C)C(C)(C)C. The molecule has 0 saturated heterocycles. The zero-order valence-corrected chi connectivity index (χ0v) is 15.5. The van der Waals surface area contributed by atoms with Crippen molar-refractivity contribution in [2.45, 2.75) is 80.9 Å². The van der Waals surface area contributed by atoms with Crippen molar-refractivity contribution in [3.63, 3.8) is 0 Å². The smallest absolute Gasteiger partial charge is 0.0186 e. The molecule has 0 N–H and O–H groups in total. The van der Waals surface area contributed by atoms with Crippen molar-refractivity contribution in [1.29, 1.82) is 0 Å². The van der Waals surface area contributed by atoms with Gasteiger partial charge in [-0.15, -0.1) is 0 Å². The highest BCUT2D eigenvalue weighted by atomic mass is 32.1. The average Bonchev–Trinajstić information content (AvgIpc) is 2.13. The Labute approximate surface area is 122 Å². The summed E-state index contributed by atoms with van der Waals surface area (Å²) in [4.78, 5) is 0. The molecule has 0 rings (SSSR count). The Kier molecular flexibility index (Phi) is 5.13. The maximum absolute atomic E-state index is 5.13. The Morgan fingerprint density at radius 2 is 1.00 bits per heavy atom. The van der Waals surface area contributed by atoms with Gasteiger partial charge in [0.05, 0.1) is 0 Å². The van der Waals surface area contributed by atoms with Crippen LogP contribution in [0.3, 0.4) is 0 Å². The Morgan fingerprint density at radius 3 is 1.22 bits per heavy atom. The third-order valence-electron chi connectivity index (χ3n) is 6.61. The normalized spacial score (nSPS) is 19.8. The van der Waals surface area contributed by atoms with Crippen molar-refractivity contribution in [2.24, 2.45) is 28.1 Å². The molecular weight excluding hydrogens is 236 g/mol. The van der Waals surface area contributed by atoms with Gasteiger partial charge in [0.1, 0.15) is 0 Å². The van der Waals surface area contributed by atoms with E-state index < -0.39 is 0 Å². The highest BCUT2D eigenvalue weighted by Gasteiger charge is 2.51. The molecule has 0 aliphatic heterocycles. The number of rotatable bonds is 4. The van der Waals surface area contributed by atoms with Crippen molar-refractivity contribution in [2.75, 3.05) is 0 Å². The minimum Gasteiger partial charge on any atom is -0.172 e. The molecule has 110 valence electrons. The second-order valence-electron chi connectivity index (χ2n) is 8.72. The molecule has 0 aromatic carbocycles. The zero-order chi connectivity index (χ0) is 15.2. The maximum atomic E-state index is 5.13. The van der Waals surface area contributed by atoms with Crippen LogP contribution in [0, 0.1) is 28.1 Å². The number of hydrogen-bond acceptors (Lipinski definition) is 1. The van der Waals surface area contributed by atoms with E-state index in [9.17, 15) is 0 Å². The van der Waals surface area contributed by atoms with Crippen LogP contribution in [-0.4, -0.2) is 4.75 Å². The Hall–Kier alpha value is 0.350. The predicted molar refractivity (Wildman–Crippen MR) is 88.4 cm³/mol. The Morgan fingerprint density at radius 1 is 0.667 bits per heavy atom. The lowest BCUT2D eigenvalue weighted by Gasteiger charge is -2.56. The van der Waals surface area contributed by atoms with Gasteiger partial charge in [-0.3, -0.25) is 0 Å². The highest BCUT2D eigenvalue weighted by molar-refractivity contribution is 7.81. The fourth-order valence-electron chi connectivity index (χ4n) is 2.49. The van der Waals surface area contributed by atoms with E-state index >= 15 is 0 Å². The quantitative estimate of drug-likeness (QED) is 0.590. The van der Waals surface area contributed by atoms with Crippen LogP contribution in [0.25, 0.3) is 0 Å². The van der Waals surface area contributed by atoms with Crippen LogP contribution in [0.1, 0.15) is 76.2 Å². The van der Waals surface area contributed by atoms with Gasteiger partial charge in [-0.25, -0.2) is 0 Å². The lowest BCUT2D eigenvalue weighted by Crippen LogP contribution is -2.53. The molecule has 0 nitrogen and oxygen atoms in total. The van der Waals surface area contributed by atoms with Crippen molar-refractivity contribution >= 4 is 12.6 Å². The lowest BCUT2D eigenvalue weighted by atomic mass is 9.54. The summed E-state index contributed by atoms with van der Waals surface area (Å²) in [5, 5.41) is 0. The van der Waals surface area contributed by atoms with E-state index in [-0.39, 0.29) is 21.0 Å². The van der Waals surface area contributed by atoms with Crippen molar-refractivity contribution < 1.29 is 0 Å². The average molecular weight is 273 g/mol. The maximum Gasteiger partial charge on any atom is 0.0186 e. The molecule has 2 atom stereocenters. The fourth-order valence-corrected chi connectivity index (χ4v) is 3.08. The van der Waals surface area contributed by atoms with E-state index in [1.165, 1.54) is 0 Å². The van der Waals surface area contributed by atoms with Crippen LogP contribution in [0.2, 0.25) is 0 Å². The zero-order valence-electron chi connectivity index (χ0n) is 14.6. The molecule has 2 unspecified atom stereocenters. The van der Waals surface area contributed by atoms with Gasteiger partial charge in [0.25, 0.3) is 0 Å². The summed E-state index contributed by atoms with van der Waals surface area (Å²) in [7, 11) is 0. The topological polar surface area (TPSA) is 0 Å². The molecule has 0 aromatic rings. The van der Waals surface area contributed by atoms with Gasteiger partial charge in [-0.1, -0.05) is 69.2 Å². The van der Waals surface area contributed by atoms with Gasteiger partial charge in [0, 0.05) is 4.75 Å². The predicted octanol–water partition coefficient (Wildman–Crippen LogP) is 6.07. The first-order valence-electron chi connectivity index (χ1n) is 7.32. The van der Waals surface area contributed by atoms with Crippen LogP contribution in [0.4, 0.5) is 0 Å². The van der Waals surface area contributed by atoms with Crippen molar-refractivity contribution in [1.82, 2.24) is 0 Å². The minimum absolute atomic E-state index is 0.0119. The van der Waals surface area contributed by atoms with Gasteiger partial charge in [-0.05, 0) is 35.0 Å². The second-order valence-corrected chi connectivity index (χ2v) is 9.65. The standard InChI is InChI=1S/C17H36S/c1-12(2)15(7,8)17(11,18)13(3)16(9,10)14(4,5)6/h12-13,18H,1-11H3. The first kappa shape index (κ1) is 18.4. The third kappa shape index (κ3) is 2.92. The molecule has 0 spiro atoms. The third-order valence-corrected chi connectivity index (χ3v) is 7.57. The monoisotopic (exact) mass is 272 g/mol. The van der Waals surface area contributed by atoms with Gasteiger partial charge in [0.2, 0.25) is 0 Å². The van der Waals surface area contributed by atoms with E-state index in [0.717, 1.165) is 0 Å². The van der Waals surface area contributed by atoms with Crippen molar-refractivity contribution in [3.05, 3.63) is 0 Å². The molecule has 0 saturated carbocycles. The minimum atomic E-state index is 0.0119. The molecule has 18 heavy (non-hydrogen) atoms. The van der Waals surface area contributed by atoms with Crippen LogP contribution in [-0.2, 0) is 0 Å². The second kappa shape index (κ2) is 5.04. The van der Waals surface area contributed by atoms with Crippen LogP contribution < -0.4 is 0 Å². The molecule has 0 aliphatic carbocycles. The van der Waals surface area contributed by atoms with Gasteiger partial charge in [0.15, 0.2) is 0 Å². The highest BCUT2D eigenvalue weighted by Crippen LogP contribution is 2.56. The largest absolute Gasteiger partial charge is 0.172 e. The van der Waals surface area contributed by atoms with E-state index in [1.54, 1.807) is 0 Å². The van der Waals surface area contributed by atoms with Gasteiger partial charge < -0.3 is 0 Å². The van der Waals surface area contributed by atoms with E-state index in [2.05, 4.69) is 76.2 Å². The Balaban J connectivity index is 5.52.